The monoisotopic (exact) mass is 383 g/mol. The van der Waals surface area contributed by atoms with Gasteiger partial charge in [-0.25, -0.2) is 13.2 Å². The van der Waals surface area contributed by atoms with Gasteiger partial charge in [0.25, 0.3) is 10.0 Å². The van der Waals surface area contributed by atoms with Crippen LogP contribution >= 0.6 is 0 Å². The van der Waals surface area contributed by atoms with Crippen LogP contribution in [-0.4, -0.2) is 24.6 Å². The quantitative estimate of drug-likeness (QED) is 0.606. The van der Waals surface area contributed by atoms with Crippen LogP contribution in [0.2, 0.25) is 0 Å². The lowest BCUT2D eigenvalue weighted by Gasteiger charge is -2.10. The summed E-state index contributed by atoms with van der Waals surface area (Å²) < 4.78 is 27.4. The lowest BCUT2D eigenvalue weighted by atomic mass is 10.0. The molecule has 6 nitrogen and oxygen atoms in total. The van der Waals surface area contributed by atoms with Crippen LogP contribution in [0.1, 0.15) is 15.9 Å². The number of aromatic carboxylic acids is 1. The molecule has 0 aliphatic heterocycles. The number of aliphatic hydroxyl groups excluding tert-OH is 1. The van der Waals surface area contributed by atoms with Gasteiger partial charge in [-0.15, -0.1) is 0 Å². The maximum atomic E-state index is 12.5. The zero-order chi connectivity index (χ0) is 19.4. The number of anilines is 1. The van der Waals surface area contributed by atoms with Crippen LogP contribution in [0.15, 0.2) is 77.7 Å². The minimum Gasteiger partial charge on any atom is -0.478 e. The summed E-state index contributed by atoms with van der Waals surface area (Å²) in [6, 6.07) is 19.3. The van der Waals surface area contributed by atoms with Crippen LogP contribution in [0.3, 0.4) is 0 Å². The molecule has 138 valence electrons. The number of carbonyl (C=O) groups is 1. The molecule has 0 atom stereocenters. The van der Waals surface area contributed by atoms with Crippen LogP contribution in [0.5, 0.6) is 0 Å². The van der Waals surface area contributed by atoms with Gasteiger partial charge in [-0.05, 0) is 47.0 Å². The van der Waals surface area contributed by atoms with Gasteiger partial charge in [0.05, 0.1) is 17.1 Å². The van der Waals surface area contributed by atoms with E-state index in [9.17, 15) is 13.2 Å². The van der Waals surface area contributed by atoms with Crippen LogP contribution in [0.25, 0.3) is 11.1 Å². The van der Waals surface area contributed by atoms with Gasteiger partial charge in [0.2, 0.25) is 0 Å². The number of carboxylic acid groups (broad SMARTS) is 1. The van der Waals surface area contributed by atoms with Crippen molar-refractivity contribution in [1.82, 2.24) is 0 Å². The van der Waals surface area contributed by atoms with Gasteiger partial charge < -0.3 is 10.2 Å². The third-order valence-corrected chi connectivity index (χ3v) is 5.39. The Morgan fingerprint density at radius 1 is 0.889 bits per heavy atom. The van der Waals surface area contributed by atoms with Crippen LogP contribution in [-0.2, 0) is 16.6 Å². The summed E-state index contributed by atoms with van der Waals surface area (Å²) in [6.45, 7) is -0.0355. The molecule has 0 fully saturated rings. The molecule has 0 bridgehead atoms. The first-order valence-electron chi connectivity index (χ1n) is 8.05. The molecular weight excluding hydrogens is 366 g/mol. The highest BCUT2D eigenvalue weighted by Crippen LogP contribution is 2.23. The van der Waals surface area contributed by atoms with E-state index in [0.29, 0.717) is 0 Å². The molecule has 0 radical (unpaired) electrons. The maximum Gasteiger partial charge on any atom is 0.335 e. The average Bonchev–Trinajstić information content (AvgIpc) is 2.68. The number of hydrogen-bond donors (Lipinski definition) is 3. The fourth-order valence-electron chi connectivity index (χ4n) is 2.56. The molecule has 0 heterocycles. The molecule has 0 amide bonds. The Bertz CT molecular complexity index is 1060. The van der Waals surface area contributed by atoms with E-state index in [1.807, 2.05) is 12.1 Å². The second-order valence-corrected chi connectivity index (χ2v) is 7.55. The van der Waals surface area contributed by atoms with Crippen molar-refractivity contribution < 1.29 is 23.4 Å². The summed E-state index contributed by atoms with van der Waals surface area (Å²) in [7, 11) is -3.84. The second kappa shape index (κ2) is 7.61. The predicted octanol–water partition coefficient (Wildman–Crippen LogP) is 3.34. The van der Waals surface area contributed by atoms with Crippen molar-refractivity contribution in [3.8, 4) is 11.1 Å². The Morgan fingerprint density at radius 2 is 1.48 bits per heavy atom. The SMILES string of the molecule is O=C(O)c1cccc(NS(=O)(=O)c2ccc(-c3ccc(CO)cc3)cc2)c1. The number of sulfonamides is 1. The molecule has 3 rings (SSSR count). The molecule has 0 saturated heterocycles. The first-order valence-corrected chi connectivity index (χ1v) is 9.54. The summed E-state index contributed by atoms with van der Waals surface area (Å²) in [5, 5.41) is 18.1. The van der Waals surface area contributed by atoms with E-state index in [0.717, 1.165) is 16.7 Å². The maximum absolute atomic E-state index is 12.5. The van der Waals surface area contributed by atoms with E-state index in [4.69, 9.17) is 10.2 Å². The Morgan fingerprint density at radius 3 is 2.04 bits per heavy atom. The number of aliphatic hydroxyl groups is 1. The van der Waals surface area contributed by atoms with Crippen molar-refractivity contribution in [2.24, 2.45) is 0 Å². The Labute approximate surface area is 156 Å². The molecule has 0 aliphatic carbocycles. The predicted molar refractivity (Wildman–Crippen MR) is 102 cm³/mol. The van der Waals surface area contributed by atoms with Gasteiger partial charge in [-0.1, -0.05) is 42.5 Å². The van der Waals surface area contributed by atoms with Crippen LogP contribution < -0.4 is 4.72 Å². The minimum absolute atomic E-state index is 0.00289. The van der Waals surface area contributed by atoms with E-state index >= 15 is 0 Å². The lowest BCUT2D eigenvalue weighted by molar-refractivity contribution is 0.0697. The van der Waals surface area contributed by atoms with Crippen LogP contribution in [0, 0.1) is 0 Å². The summed E-state index contributed by atoms with van der Waals surface area (Å²) in [5.41, 5.74) is 2.71. The molecule has 0 unspecified atom stereocenters. The van der Waals surface area contributed by atoms with Crippen molar-refractivity contribution in [3.63, 3.8) is 0 Å². The molecule has 7 heteroatoms. The van der Waals surface area contributed by atoms with Gasteiger partial charge >= 0.3 is 5.97 Å². The van der Waals surface area contributed by atoms with Gasteiger partial charge in [0.1, 0.15) is 0 Å². The van der Waals surface area contributed by atoms with Crippen molar-refractivity contribution in [3.05, 3.63) is 83.9 Å². The van der Waals surface area contributed by atoms with E-state index in [1.165, 1.54) is 36.4 Å². The first kappa shape index (κ1) is 18.6. The average molecular weight is 383 g/mol. The number of carboxylic acids is 1. The summed E-state index contributed by atoms with van der Waals surface area (Å²) in [6.07, 6.45) is 0. The highest BCUT2D eigenvalue weighted by molar-refractivity contribution is 7.92. The van der Waals surface area contributed by atoms with Gasteiger partial charge in [-0.3, -0.25) is 4.72 Å². The molecule has 3 N–H and O–H groups in total. The summed E-state index contributed by atoms with van der Waals surface area (Å²) >= 11 is 0. The topological polar surface area (TPSA) is 104 Å². The molecule has 0 aliphatic rings. The highest BCUT2D eigenvalue weighted by atomic mass is 32.2. The second-order valence-electron chi connectivity index (χ2n) is 5.87. The normalized spacial score (nSPS) is 11.1. The Kier molecular flexibility index (Phi) is 5.25. The van der Waals surface area contributed by atoms with Gasteiger partial charge in [0.15, 0.2) is 0 Å². The highest BCUT2D eigenvalue weighted by Gasteiger charge is 2.15. The van der Waals surface area contributed by atoms with E-state index in [-0.39, 0.29) is 22.8 Å². The number of nitrogens with one attached hydrogen (secondary N) is 1. The van der Waals surface area contributed by atoms with Crippen molar-refractivity contribution in [2.75, 3.05) is 4.72 Å². The molecule has 0 saturated carbocycles. The van der Waals surface area contributed by atoms with Crippen molar-refractivity contribution in [1.29, 1.82) is 0 Å². The van der Waals surface area contributed by atoms with E-state index in [2.05, 4.69) is 4.72 Å². The molecule has 3 aromatic rings. The third kappa shape index (κ3) is 4.33. The molecule has 27 heavy (non-hydrogen) atoms. The number of rotatable bonds is 6. The van der Waals surface area contributed by atoms with E-state index in [1.54, 1.807) is 24.3 Å². The Hall–Kier alpha value is -3.16. The fourth-order valence-corrected chi connectivity index (χ4v) is 3.61. The molecular formula is C20H17NO5S. The van der Waals surface area contributed by atoms with Crippen molar-refractivity contribution >= 4 is 21.7 Å². The number of hydrogen-bond acceptors (Lipinski definition) is 4. The smallest absolute Gasteiger partial charge is 0.335 e. The lowest BCUT2D eigenvalue weighted by Crippen LogP contribution is -2.13. The standard InChI is InChI=1S/C20H17NO5S/c22-13-14-4-6-15(7-5-14)16-8-10-19(11-9-16)27(25,26)21-18-3-1-2-17(12-18)20(23)24/h1-12,21-22H,13H2,(H,23,24). The molecule has 0 spiro atoms. The summed E-state index contributed by atoms with van der Waals surface area (Å²) in [4.78, 5) is 11.1. The van der Waals surface area contributed by atoms with Crippen LogP contribution in [0.4, 0.5) is 5.69 Å². The third-order valence-electron chi connectivity index (χ3n) is 4.00. The first-order chi connectivity index (χ1) is 12.9. The van der Waals surface area contributed by atoms with E-state index < -0.39 is 16.0 Å². The Balaban J connectivity index is 1.82. The minimum atomic E-state index is -3.84. The fraction of sp³-hybridized carbons (Fsp3) is 0.0500. The molecule has 3 aromatic carbocycles. The van der Waals surface area contributed by atoms with Crippen molar-refractivity contribution in [2.45, 2.75) is 11.5 Å². The zero-order valence-corrected chi connectivity index (χ0v) is 15.0. The zero-order valence-electron chi connectivity index (χ0n) is 14.2. The largest absolute Gasteiger partial charge is 0.478 e. The van der Waals surface area contributed by atoms with Gasteiger partial charge in [-0.2, -0.15) is 0 Å². The summed E-state index contributed by atoms with van der Waals surface area (Å²) in [5.74, 6) is -1.13. The number of benzene rings is 3. The molecule has 0 aromatic heterocycles. The van der Waals surface area contributed by atoms with Gasteiger partial charge in [0, 0.05) is 5.69 Å².